The van der Waals surface area contributed by atoms with Gasteiger partial charge in [0.2, 0.25) is 0 Å². The summed E-state index contributed by atoms with van der Waals surface area (Å²) in [4.78, 5) is 2.04. The van der Waals surface area contributed by atoms with E-state index in [1.165, 1.54) is 0 Å². The number of fused-ring (bicyclic) bond motifs is 1. The Labute approximate surface area is 123 Å². The number of anilines is 2. The van der Waals surface area contributed by atoms with E-state index in [1.807, 2.05) is 60.5 Å². The molecule has 3 rings (SSSR count). The fourth-order valence-corrected chi connectivity index (χ4v) is 2.49. The van der Waals surface area contributed by atoms with Crippen molar-refractivity contribution in [1.82, 2.24) is 0 Å². The zero-order valence-electron chi connectivity index (χ0n) is 11.6. The summed E-state index contributed by atoms with van der Waals surface area (Å²) in [6, 6.07) is 21.0. The molecule has 102 valence electrons. The van der Waals surface area contributed by atoms with Gasteiger partial charge in [-0.1, -0.05) is 24.3 Å². The molecule has 3 nitrogen and oxygen atoms in total. The predicted molar refractivity (Wildman–Crippen MR) is 84.8 cm³/mol. The zero-order valence-corrected chi connectivity index (χ0v) is 11.6. The van der Waals surface area contributed by atoms with Crippen LogP contribution in [-0.4, -0.2) is 12.2 Å². The fraction of sp³-hybridized carbons (Fsp3) is 0.0556. The van der Waals surface area contributed by atoms with Gasteiger partial charge in [0, 0.05) is 29.2 Å². The average molecular weight is 274 g/mol. The van der Waals surface area contributed by atoms with Gasteiger partial charge >= 0.3 is 0 Å². The Kier molecular flexibility index (Phi) is 3.21. The van der Waals surface area contributed by atoms with Gasteiger partial charge in [0.25, 0.3) is 0 Å². The molecular weight excluding hydrogens is 260 g/mol. The Balaban J connectivity index is 2.17. The summed E-state index contributed by atoms with van der Waals surface area (Å²) < 4.78 is 0. The highest BCUT2D eigenvalue weighted by Gasteiger charge is 2.10. The Hall–Kier alpha value is -2.99. The molecule has 3 heteroatoms. The van der Waals surface area contributed by atoms with Crippen LogP contribution >= 0.6 is 0 Å². The number of hydrogen-bond acceptors (Lipinski definition) is 3. The molecule has 0 fully saturated rings. The van der Waals surface area contributed by atoms with Gasteiger partial charge in [0.05, 0.1) is 11.6 Å². The maximum Gasteiger partial charge on any atom is 0.115 e. The van der Waals surface area contributed by atoms with Crippen LogP contribution in [0.4, 0.5) is 11.4 Å². The van der Waals surface area contributed by atoms with Gasteiger partial charge in [-0.15, -0.1) is 0 Å². The molecule has 0 radical (unpaired) electrons. The quantitative estimate of drug-likeness (QED) is 0.762. The van der Waals surface area contributed by atoms with Crippen LogP contribution in [0.15, 0.2) is 60.7 Å². The monoisotopic (exact) mass is 274 g/mol. The maximum atomic E-state index is 9.39. The van der Waals surface area contributed by atoms with Gasteiger partial charge in [-0.3, -0.25) is 0 Å². The average Bonchev–Trinajstić information content (AvgIpc) is 2.54. The van der Waals surface area contributed by atoms with Crippen molar-refractivity contribution >= 4 is 22.1 Å². The lowest BCUT2D eigenvalue weighted by Crippen LogP contribution is -2.09. The molecule has 0 heterocycles. The Morgan fingerprint density at radius 2 is 1.57 bits per heavy atom. The lowest BCUT2D eigenvalue weighted by Gasteiger charge is -2.21. The first-order chi connectivity index (χ1) is 10.2. The second kappa shape index (κ2) is 5.18. The SMILES string of the molecule is CN(c1ccc(O)cc1)c1ccc(C#N)c2ccccc12. The molecule has 0 saturated carbocycles. The third kappa shape index (κ3) is 2.28. The van der Waals surface area contributed by atoms with Crippen molar-refractivity contribution in [3.8, 4) is 11.8 Å². The topological polar surface area (TPSA) is 47.3 Å². The number of rotatable bonds is 2. The van der Waals surface area contributed by atoms with E-state index in [-0.39, 0.29) is 5.75 Å². The van der Waals surface area contributed by atoms with Crippen LogP contribution in [0.3, 0.4) is 0 Å². The molecule has 3 aromatic carbocycles. The first kappa shape index (κ1) is 13.0. The summed E-state index contributed by atoms with van der Waals surface area (Å²) in [5.74, 6) is 0.247. The highest BCUT2D eigenvalue weighted by molar-refractivity contribution is 5.99. The van der Waals surface area contributed by atoms with Gasteiger partial charge < -0.3 is 10.0 Å². The van der Waals surface area contributed by atoms with Crippen LogP contribution in [0.2, 0.25) is 0 Å². The van der Waals surface area contributed by atoms with Crippen molar-refractivity contribution in [3.63, 3.8) is 0 Å². The molecule has 0 aliphatic heterocycles. The highest BCUT2D eigenvalue weighted by Crippen LogP contribution is 2.33. The second-order valence-corrected chi connectivity index (χ2v) is 4.87. The van der Waals surface area contributed by atoms with E-state index in [1.54, 1.807) is 12.1 Å². The van der Waals surface area contributed by atoms with Crippen LogP contribution in [0, 0.1) is 11.3 Å². The maximum absolute atomic E-state index is 9.39. The standard InChI is InChI=1S/C18H14N2O/c1-20(14-7-9-15(21)10-8-14)18-11-6-13(12-19)16-4-2-3-5-17(16)18/h2-11,21H,1H3. The van der Waals surface area contributed by atoms with Gasteiger partial charge in [-0.05, 0) is 36.4 Å². The number of hydrogen-bond donors (Lipinski definition) is 1. The summed E-state index contributed by atoms with van der Waals surface area (Å²) in [5.41, 5.74) is 2.67. The number of phenolic OH excluding ortho intramolecular Hbond substituents is 1. The molecule has 1 N–H and O–H groups in total. The van der Waals surface area contributed by atoms with Gasteiger partial charge in [0.15, 0.2) is 0 Å². The van der Waals surface area contributed by atoms with E-state index in [0.717, 1.165) is 22.1 Å². The summed E-state index contributed by atoms with van der Waals surface area (Å²) in [7, 11) is 1.97. The molecule has 0 atom stereocenters. The highest BCUT2D eigenvalue weighted by atomic mass is 16.3. The van der Waals surface area contributed by atoms with E-state index < -0.39 is 0 Å². The molecule has 0 aliphatic rings. The molecule has 0 amide bonds. The molecule has 21 heavy (non-hydrogen) atoms. The van der Waals surface area contributed by atoms with Crippen molar-refractivity contribution in [2.75, 3.05) is 11.9 Å². The molecule has 0 saturated heterocycles. The largest absolute Gasteiger partial charge is 0.508 e. The van der Waals surface area contributed by atoms with E-state index in [0.29, 0.717) is 5.56 Å². The molecule has 0 spiro atoms. The lowest BCUT2D eigenvalue weighted by atomic mass is 10.0. The molecule has 3 aromatic rings. The van der Waals surface area contributed by atoms with Gasteiger partial charge in [-0.25, -0.2) is 0 Å². The van der Waals surface area contributed by atoms with Crippen molar-refractivity contribution in [2.24, 2.45) is 0 Å². The minimum Gasteiger partial charge on any atom is -0.508 e. The molecule has 0 aromatic heterocycles. The molecule has 0 aliphatic carbocycles. The normalized spacial score (nSPS) is 10.3. The fourth-order valence-electron chi connectivity index (χ4n) is 2.49. The minimum atomic E-state index is 0.247. The third-order valence-corrected chi connectivity index (χ3v) is 3.62. The van der Waals surface area contributed by atoms with Crippen LogP contribution in [0.1, 0.15) is 5.56 Å². The first-order valence-electron chi connectivity index (χ1n) is 6.65. The molecular formula is C18H14N2O. The minimum absolute atomic E-state index is 0.247. The van der Waals surface area contributed by atoms with Crippen molar-refractivity contribution in [1.29, 1.82) is 5.26 Å². The van der Waals surface area contributed by atoms with Crippen LogP contribution in [0.25, 0.3) is 10.8 Å². The first-order valence-corrected chi connectivity index (χ1v) is 6.65. The molecule has 0 unspecified atom stereocenters. The Morgan fingerprint density at radius 1 is 0.905 bits per heavy atom. The molecule has 0 bridgehead atoms. The number of aromatic hydroxyl groups is 1. The third-order valence-electron chi connectivity index (χ3n) is 3.62. The number of phenols is 1. The second-order valence-electron chi connectivity index (χ2n) is 4.87. The Bertz CT molecular complexity index is 832. The number of benzene rings is 3. The Morgan fingerprint density at radius 3 is 2.24 bits per heavy atom. The summed E-state index contributed by atoms with van der Waals surface area (Å²) >= 11 is 0. The lowest BCUT2D eigenvalue weighted by molar-refractivity contribution is 0.475. The number of nitrogens with zero attached hydrogens (tertiary/aromatic N) is 2. The summed E-state index contributed by atoms with van der Waals surface area (Å²) in [6.07, 6.45) is 0. The van der Waals surface area contributed by atoms with Crippen LogP contribution < -0.4 is 4.90 Å². The smallest absolute Gasteiger partial charge is 0.115 e. The zero-order chi connectivity index (χ0) is 14.8. The van der Waals surface area contributed by atoms with Crippen LogP contribution in [-0.2, 0) is 0 Å². The summed E-state index contributed by atoms with van der Waals surface area (Å²) in [6.45, 7) is 0. The van der Waals surface area contributed by atoms with Crippen molar-refractivity contribution in [2.45, 2.75) is 0 Å². The predicted octanol–water partition coefficient (Wildman–Crippen LogP) is 4.18. The van der Waals surface area contributed by atoms with E-state index in [2.05, 4.69) is 6.07 Å². The van der Waals surface area contributed by atoms with Crippen molar-refractivity contribution in [3.05, 3.63) is 66.2 Å². The van der Waals surface area contributed by atoms with Gasteiger partial charge in [-0.2, -0.15) is 5.26 Å². The van der Waals surface area contributed by atoms with Gasteiger partial charge in [0.1, 0.15) is 5.75 Å². The van der Waals surface area contributed by atoms with E-state index in [9.17, 15) is 10.4 Å². The van der Waals surface area contributed by atoms with Crippen molar-refractivity contribution < 1.29 is 5.11 Å². The number of nitriles is 1. The summed E-state index contributed by atoms with van der Waals surface area (Å²) in [5, 5.41) is 20.6. The van der Waals surface area contributed by atoms with E-state index in [4.69, 9.17) is 0 Å². The van der Waals surface area contributed by atoms with E-state index >= 15 is 0 Å². The van der Waals surface area contributed by atoms with Crippen LogP contribution in [0.5, 0.6) is 5.75 Å².